The average Bonchev–Trinajstić information content (AvgIpc) is 2.44. The zero-order chi connectivity index (χ0) is 13.8. The van der Waals surface area contributed by atoms with Crippen molar-refractivity contribution in [3.8, 4) is 0 Å². The standard InChI is InChI=1S/C14H18N4S/c1-3-18(9-10(2)14(15)19)13-8-16-17-12-7-5-4-6-11(12)13/h4-8,10H,3,9H2,1-2H3,(H2,15,19). The molecule has 0 fully saturated rings. The minimum absolute atomic E-state index is 0.168. The maximum atomic E-state index is 5.71. The van der Waals surface area contributed by atoms with E-state index in [4.69, 9.17) is 18.0 Å². The first-order valence-corrected chi connectivity index (χ1v) is 6.79. The van der Waals surface area contributed by atoms with Gasteiger partial charge in [-0.15, -0.1) is 0 Å². The van der Waals surface area contributed by atoms with E-state index in [1.165, 1.54) is 0 Å². The first-order chi connectivity index (χ1) is 9.13. The van der Waals surface area contributed by atoms with Crippen LogP contribution in [0.5, 0.6) is 0 Å². The molecule has 4 nitrogen and oxygen atoms in total. The van der Waals surface area contributed by atoms with Crippen LogP contribution in [-0.4, -0.2) is 28.3 Å². The number of benzene rings is 1. The van der Waals surface area contributed by atoms with Crippen LogP contribution in [0.3, 0.4) is 0 Å². The number of fused-ring (bicyclic) bond motifs is 1. The van der Waals surface area contributed by atoms with E-state index < -0.39 is 0 Å². The molecule has 0 bridgehead atoms. The van der Waals surface area contributed by atoms with Gasteiger partial charge in [0, 0.05) is 24.4 Å². The van der Waals surface area contributed by atoms with E-state index in [9.17, 15) is 0 Å². The van der Waals surface area contributed by atoms with Crippen molar-refractivity contribution >= 4 is 33.8 Å². The lowest BCUT2D eigenvalue weighted by Gasteiger charge is -2.26. The lowest BCUT2D eigenvalue weighted by molar-refractivity contribution is 0.707. The van der Waals surface area contributed by atoms with Gasteiger partial charge in [0.15, 0.2) is 0 Å². The Hall–Kier alpha value is -1.75. The number of aromatic nitrogens is 2. The Labute approximate surface area is 118 Å². The Balaban J connectivity index is 2.38. The molecule has 1 atom stereocenters. The Morgan fingerprint density at radius 1 is 1.42 bits per heavy atom. The fourth-order valence-corrected chi connectivity index (χ4v) is 2.14. The van der Waals surface area contributed by atoms with Crippen molar-refractivity contribution < 1.29 is 0 Å². The molecule has 19 heavy (non-hydrogen) atoms. The van der Waals surface area contributed by atoms with E-state index in [0.717, 1.165) is 29.7 Å². The minimum atomic E-state index is 0.168. The molecule has 1 heterocycles. The highest BCUT2D eigenvalue weighted by atomic mass is 32.1. The van der Waals surface area contributed by atoms with Crippen LogP contribution in [0.4, 0.5) is 5.69 Å². The average molecular weight is 274 g/mol. The number of thiocarbonyl (C=S) groups is 1. The van der Waals surface area contributed by atoms with E-state index in [2.05, 4.69) is 28.1 Å². The normalized spacial score (nSPS) is 12.3. The summed E-state index contributed by atoms with van der Waals surface area (Å²) in [5.41, 5.74) is 7.69. The van der Waals surface area contributed by atoms with E-state index in [1.807, 2.05) is 25.1 Å². The molecule has 0 saturated heterocycles. The number of nitrogens with zero attached hydrogens (tertiary/aromatic N) is 3. The van der Waals surface area contributed by atoms with Crippen LogP contribution in [0.1, 0.15) is 13.8 Å². The van der Waals surface area contributed by atoms with Crippen molar-refractivity contribution in [1.82, 2.24) is 10.2 Å². The van der Waals surface area contributed by atoms with Crippen LogP contribution in [0, 0.1) is 5.92 Å². The van der Waals surface area contributed by atoms with Crippen LogP contribution in [0.2, 0.25) is 0 Å². The summed E-state index contributed by atoms with van der Waals surface area (Å²) in [7, 11) is 0. The molecule has 0 aliphatic carbocycles. The second-order valence-corrected chi connectivity index (χ2v) is 5.06. The van der Waals surface area contributed by atoms with Gasteiger partial charge in [0.1, 0.15) is 0 Å². The minimum Gasteiger partial charge on any atom is -0.393 e. The zero-order valence-corrected chi connectivity index (χ0v) is 12.0. The molecule has 2 N–H and O–H groups in total. The second-order valence-electron chi connectivity index (χ2n) is 4.59. The van der Waals surface area contributed by atoms with Crippen LogP contribution < -0.4 is 10.6 Å². The number of rotatable bonds is 5. The molecule has 2 rings (SSSR count). The second kappa shape index (κ2) is 5.93. The topological polar surface area (TPSA) is 55.0 Å². The van der Waals surface area contributed by atoms with Crippen molar-refractivity contribution in [3.63, 3.8) is 0 Å². The molecule has 0 spiro atoms. The van der Waals surface area contributed by atoms with E-state index in [-0.39, 0.29) is 5.92 Å². The van der Waals surface area contributed by atoms with Gasteiger partial charge in [-0.05, 0) is 13.0 Å². The van der Waals surface area contributed by atoms with Crippen molar-refractivity contribution in [2.75, 3.05) is 18.0 Å². The van der Waals surface area contributed by atoms with Gasteiger partial charge >= 0.3 is 0 Å². The van der Waals surface area contributed by atoms with Gasteiger partial charge in [-0.2, -0.15) is 10.2 Å². The van der Waals surface area contributed by atoms with Crippen molar-refractivity contribution in [2.24, 2.45) is 11.7 Å². The number of anilines is 1. The molecule has 5 heteroatoms. The quantitative estimate of drug-likeness (QED) is 0.848. The van der Waals surface area contributed by atoms with E-state index in [1.54, 1.807) is 6.20 Å². The van der Waals surface area contributed by atoms with Gasteiger partial charge in [0.25, 0.3) is 0 Å². The van der Waals surface area contributed by atoms with Gasteiger partial charge in [0.05, 0.1) is 22.4 Å². The highest BCUT2D eigenvalue weighted by molar-refractivity contribution is 7.80. The zero-order valence-electron chi connectivity index (χ0n) is 11.2. The monoisotopic (exact) mass is 274 g/mol. The predicted molar refractivity (Wildman–Crippen MR) is 83.4 cm³/mol. The molecule has 0 amide bonds. The number of nitrogens with two attached hydrogens (primary N) is 1. The van der Waals surface area contributed by atoms with Crippen molar-refractivity contribution in [3.05, 3.63) is 30.5 Å². The SMILES string of the molecule is CCN(CC(C)C(N)=S)c1cnnc2ccccc12. The van der Waals surface area contributed by atoms with E-state index in [0.29, 0.717) is 4.99 Å². The molecule has 1 aromatic heterocycles. The van der Waals surface area contributed by atoms with Crippen molar-refractivity contribution in [1.29, 1.82) is 0 Å². The molecule has 1 aromatic carbocycles. The predicted octanol–water partition coefficient (Wildman–Crippen LogP) is 2.38. The maximum Gasteiger partial charge on any atom is 0.0950 e. The summed E-state index contributed by atoms with van der Waals surface area (Å²) in [6.45, 7) is 5.83. The molecular weight excluding hydrogens is 256 g/mol. The molecule has 100 valence electrons. The highest BCUT2D eigenvalue weighted by Crippen LogP contribution is 2.24. The van der Waals surface area contributed by atoms with Gasteiger partial charge in [-0.3, -0.25) is 0 Å². The first kappa shape index (κ1) is 13.7. The van der Waals surface area contributed by atoms with Crippen LogP contribution >= 0.6 is 12.2 Å². The lowest BCUT2D eigenvalue weighted by atomic mass is 10.1. The fraction of sp³-hybridized carbons (Fsp3) is 0.357. The summed E-state index contributed by atoms with van der Waals surface area (Å²) in [4.78, 5) is 2.78. The molecule has 0 aliphatic rings. The Kier molecular flexibility index (Phi) is 4.27. The van der Waals surface area contributed by atoms with Crippen LogP contribution in [0.25, 0.3) is 10.9 Å². The summed E-state index contributed by atoms with van der Waals surface area (Å²) < 4.78 is 0. The van der Waals surface area contributed by atoms with Gasteiger partial charge < -0.3 is 10.6 Å². The smallest absolute Gasteiger partial charge is 0.0950 e. The largest absolute Gasteiger partial charge is 0.393 e. The molecule has 0 radical (unpaired) electrons. The lowest BCUT2D eigenvalue weighted by Crippen LogP contribution is -2.34. The van der Waals surface area contributed by atoms with Gasteiger partial charge in [-0.1, -0.05) is 37.3 Å². The fourth-order valence-electron chi connectivity index (χ4n) is 2.06. The molecule has 1 unspecified atom stereocenters. The van der Waals surface area contributed by atoms with Crippen LogP contribution in [0.15, 0.2) is 30.5 Å². The summed E-state index contributed by atoms with van der Waals surface area (Å²) >= 11 is 5.05. The summed E-state index contributed by atoms with van der Waals surface area (Å²) in [5, 5.41) is 9.33. The van der Waals surface area contributed by atoms with Gasteiger partial charge in [-0.25, -0.2) is 0 Å². The van der Waals surface area contributed by atoms with Crippen LogP contribution in [-0.2, 0) is 0 Å². The summed E-state index contributed by atoms with van der Waals surface area (Å²) in [6, 6.07) is 8.01. The molecule has 0 saturated carbocycles. The first-order valence-electron chi connectivity index (χ1n) is 6.38. The number of hydrogen-bond donors (Lipinski definition) is 1. The number of hydrogen-bond acceptors (Lipinski definition) is 4. The van der Waals surface area contributed by atoms with Crippen molar-refractivity contribution in [2.45, 2.75) is 13.8 Å². The third kappa shape index (κ3) is 2.98. The summed E-state index contributed by atoms with van der Waals surface area (Å²) in [5.74, 6) is 0.168. The Morgan fingerprint density at radius 2 is 2.16 bits per heavy atom. The summed E-state index contributed by atoms with van der Waals surface area (Å²) in [6.07, 6.45) is 1.80. The highest BCUT2D eigenvalue weighted by Gasteiger charge is 2.14. The maximum absolute atomic E-state index is 5.71. The molecular formula is C14H18N4S. The molecule has 2 aromatic rings. The van der Waals surface area contributed by atoms with Gasteiger partial charge in [0.2, 0.25) is 0 Å². The Morgan fingerprint density at radius 3 is 2.84 bits per heavy atom. The Bertz CT molecular complexity index is 579. The third-order valence-electron chi connectivity index (χ3n) is 3.23. The molecule has 0 aliphatic heterocycles. The van der Waals surface area contributed by atoms with E-state index >= 15 is 0 Å². The third-order valence-corrected chi connectivity index (χ3v) is 3.63.